The summed E-state index contributed by atoms with van der Waals surface area (Å²) < 4.78 is 6.39. The first-order valence-electron chi connectivity index (χ1n) is 12.2. The van der Waals surface area contributed by atoms with Crippen molar-refractivity contribution in [3.63, 3.8) is 0 Å². The average Bonchev–Trinajstić information content (AvgIpc) is 3.40. The minimum Gasteiger partial charge on any atom is -0.373 e. The molecule has 1 aromatic carbocycles. The Hall–Kier alpha value is -1.88. The fraction of sp³-hybridized carbons (Fsp3) is 0.692. The van der Waals surface area contributed by atoms with Gasteiger partial charge in [0.15, 0.2) is 0 Å². The molecule has 4 aliphatic rings. The molecule has 2 bridgehead atoms. The molecule has 0 radical (unpaired) electrons. The third kappa shape index (κ3) is 3.23. The molecule has 2 aliphatic heterocycles. The van der Waals surface area contributed by atoms with Crippen LogP contribution in [0.2, 0.25) is 0 Å². The molecule has 2 aliphatic carbocycles. The molecule has 1 aromatic rings. The number of carbonyl (C=O) groups is 2. The molecule has 2 heterocycles. The molecule has 0 unspecified atom stereocenters. The normalized spacial score (nSPS) is 36.0. The molecule has 1 spiro atoms. The lowest BCUT2D eigenvalue weighted by Gasteiger charge is -2.53. The van der Waals surface area contributed by atoms with E-state index in [4.69, 9.17) is 4.74 Å². The highest BCUT2D eigenvalue weighted by Gasteiger charge is 2.68. The Kier molecular flexibility index (Phi) is 5.16. The van der Waals surface area contributed by atoms with Crippen LogP contribution in [0.3, 0.4) is 0 Å². The summed E-state index contributed by atoms with van der Waals surface area (Å²) in [4.78, 5) is 26.6. The lowest BCUT2D eigenvalue weighted by atomic mass is 9.59. The van der Waals surface area contributed by atoms with Crippen LogP contribution in [-0.2, 0) is 14.3 Å². The predicted molar refractivity (Wildman–Crippen MR) is 121 cm³/mol. The van der Waals surface area contributed by atoms with Crippen molar-refractivity contribution in [3.8, 4) is 0 Å². The van der Waals surface area contributed by atoms with Crippen LogP contribution >= 0.6 is 0 Å². The third-order valence-electron chi connectivity index (χ3n) is 8.89. The maximum Gasteiger partial charge on any atom is 0.227 e. The zero-order valence-corrected chi connectivity index (χ0v) is 19.2. The van der Waals surface area contributed by atoms with Gasteiger partial charge in [-0.1, -0.05) is 32.9 Å². The van der Waals surface area contributed by atoms with Gasteiger partial charge in [0.05, 0.1) is 6.10 Å². The average molecular weight is 425 g/mol. The first-order chi connectivity index (χ1) is 14.9. The van der Waals surface area contributed by atoms with Crippen LogP contribution in [0.25, 0.3) is 0 Å². The highest BCUT2D eigenvalue weighted by Crippen LogP contribution is 2.70. The second kappa shape index (κ2) is 7.61. The van der Waals surface area contributed by atoms with Crippen molar-refractivity contribution in [2.75, 3.05) is 18.1 Å². The van der Waals surface area contributed by atoms with E-state index in [-0.39, 0.29) is 34.8 Å². The molecule has 168 valence electrons. The lowest BCUT2D eigenvalue weighted by molar-refractivity contribution is -0.137. The Balaban J connectivity index is 1.40. The molecule has 2 saturated heterocycles. The van der Waals surface area contributed by atoms with Gasteiger partial charge in [-0.15, -0.1) is 0 Å². The lowest BCUT2D eigenvalue weighted by Crippen LogP contribution is -2.58. The van der Waals surface area contributed by atoms with E-state index in [1.54, 1.807) is 0 Å². The number of fused-ring (bicyclic) bond motifs is 1. The summed E-state index contributed by atoms with van der Waals surface area (Å²) >= 11 is 0. The Bertz CT molecular complexity index is 864. The van der Waals surface area contributed by atoms with Gasteiger partial charge in [-0.05, 0) is 72.5 Å². The zero-order chi connectivity index (χ0) is 21.8. The number of rotatable bonds is 5. The van der Waals surface area contributed by atoms with Gasteiger partial charge < -0.3 is 15.0 Å². The first kappa shape index (κ1) is 21.0. The van der Waals surface area contributed by atoms with Crippen molar-refractivity contribution in [3.05, 3.63) is 29.8 Å². The van der Waals surface area contributed by atoms with Crippen molar-refractivity contribution in [1.82, 2.24) is 5.32 Å². The van der Waals surface area contributed by atoms with E-state index < -0.39 is 0 Å². The molecule has 31 heavy (non-hydrogen) atoms. The van der Waals surface area contributed by atoms with Crippen LogP contribution in [0.1, 0.15) is 77.4 Å². The maximum atomic E-state index is 12.6. The second-order valence-electron chi connectivity index (χ2n) is 10.8. The summed E-state index contributed by atoms with van der Waals surface area (Å²) in [5, 5.41) is 3.48. The number of carbonyl (C=O) groups excluding carboxylic acids is 2. The van der Waals surface area contributed by atoms with E-state index in [9.17, 15) is 9.59 Å². The number of anilines is 1. The molecule has 5 rings (SSSR count). The van der Waals surface area contributed by atoms with Gasteiger partial charge in [-0.2, -0.15) is 0 Å². The zero-order valence-electron chi connectivity index (χ0n) is 19.2. The van der Waals surface area contributed by atoms with E-state index in [0.717, 1.165) is 38.1 Å². The van der Waals surface area contributed by atoms with Gasteiger partial charge in [-0.3, -0.25) is 9.59 Å². The summed E-state index contributed by atoms with van der Waals surface area (Å²) in [5.74, 6) is 1.48. The number of hydrogen-bond donors (Lipinski definition) is 1. The summed E-state index contributed by atoms with van der Waals surface area (Å²) in [7, 11) is 0. The van der Waals surface area contributed by atoms with Crippen LogP contribution in [0.5, 0.6) is 0 Å². The van der Waals surface area contributed by atoms with Crippen molar-refractivity contribution in [2.24, 2.45) is 22.7 Å². The Morgan fingerprint density at radius 2 is 2.03 bits per heavy atom. The second-order valence-corrected chi connectivity index (χ2v) is 10.8. The summed E-state index contributed by atoms with van der Waals surface area (Å²) in [6.45, 7) is 8.34. The predicted octanol–water partition coefficient (Wildman–Crippen LogP) is 4.61. The van der Waals surface area contributed by atoms with Crippen molar-refractivity contribution in [1.29, 1.82) is 0 Å². The summed E-state index contributed by atoms with van der Waals surface area (Å²) in [6, 6.07) is 8.70. The molecule has 5 atom stereocenters. The maximum absolute atomic E-state index is 12.6. The van der Waals surface area contributed by atoms with Gasteiger partial charge in [0, 0.05) is 37.7 Å². The third-order valence-corrected chi connectivity index (χ3v) is 8.89. The van der Waals surface area contributed by atoms with Gasteiger partial charge in [-0.25, -0.2) is 0 Å². The van der Waals surface area contributed by atoms with Gasteiger partial charge in [0.1, 0.15) is 0 Å². The molecule has 0 aromatic heterocycles. The molecular formula is C26H36N2O3. The quantitative estimate of drug-likeness (QED) is 0.751. The van der Waals surface area contributed by atoms with E-state index >= 15 is 0 Å². The molecule has 5 heteroatoms. The van der Waals surface area contributed by atoms with Crippen molar-refractivity contribution < 1.29 is 14.3 Å². The monoisotopic (exact) mass is 424 g/mol. The molecule has 2 amide bonds. The first-order valence-corrected chi connectivity index (χ1v) is 12.2. The van der Waals surface area contributed by atoms with E-state index in [0.29, 0.717) is 24.7 Å². The van der Waals surface area contributed by atoms with Gasteiger partial charge >= 0.3 is 0 Å². The molecular weight excluding hydrogens is 388 g/mol. The number of nitrogens with one attached hydrogen (secondary N) is 1. The molecule has 4 fully saturated rings. The van der Waals surface area contributed by atoms with Crippen molar-refractivity contribution in [2.45, 2.75) is 77.9 Å². The van der Waals surface area contributed by atoms with Crippen LogP contribution in [0, 0.1) is 22.7 Å². The number of nitrogens with zero attached hydrogens (tertiary/aromatic N) is 1. The fourth-order valence-electron chi connectivity index (χ4n) is 7.34. The Morgan fingerprint density at radius 3 is 2.71 bits per heavy atom. The summed E-state index contributed by atoms with van der Waals surface area (Å²) in [6.07, 6.45) is 6.56. The van der Waals surface area contributed by atoms with E-state index in [1.807, 2.05) is 4.90 Å². The number of hydrogen-bond acceptors (Lipinski definition) is 3. The van der Waals surface area contributed by atoms with Crippen LogP contribution in [-0.4, -0.2) is 31.0 Å². The van der Waals surface area contributed by atoms with E-state index in [1.165, 1.54) is 18.4 Å². The van der Waals surface area contributed by atoms with E-state index in [2.05, 4.69) is 50.4 Å². The highest BCUT2D eigenvalue weighted by atomic mass is 16.5. The smallest absolute Gasteiger partial charge is 0.227 e. The van der Waals surface area contributed by atoms with Gasteiger partial charge in [0.25, 0.3) is 0 Å². The molecule has 1 N–H and O–H groups in total. The topological polar surface area (TPSA) is 58.6 Å². The minimum atomic E-state index is 0.0729. The van der Waals surface area contributed by atoms with Gasteiger partial charge in [0.2, 0.25) is 11.8 Å². The standard InChI is InChI=1S/C26H36N2O3/c1-4-6-21(29)27-24-25(2,3)18-15-20-23(31-14-12-26(20,24)16-18)17-8-10-19(11-9-17)28-13-5-7-22(28)30/h8-11,18,20,23-24H,4-7,12-16H2,1-3H3,(H,27,29)/t18-,20-,23-,24-,26-/m1/s1. The summed E-state index contributed by atoms with van der Waals surface area (Å²) in [5.41, 5.74) is 2.46. The largest absolute Gasteiger partial charge is 0.373 e. The minimum absolute atomic E-state index is 0.0729. The van der Waals surface area contributed by atoms with Crippen LogP contribution < -0.4 is 10.2 Å². The highest BCUT2D eigenvalue weighted by molar-refractivity contribution is 5.95. The molecule has 2 saturated carbocycles. The van der Waals surface area contributed by atoms with Crippen LogP contribution in [0.15, 0.2) is 24.3 Å². The Labute approximate surface area is 185 Å². The van der Waals surface area contributed by atoms with Crippen LogP contribution in [0.4, 0.5) is 5.69 Å². The number of benzene rings is 1. The van der Waals surface area contributed by atoms with Crippen molar-refractivity contribution >= 4 is 17.5 Å². The fourth-order valence-corrected chi connectivity index (χ4v) is 7.34. The number of amides is 2. The Morgan fingerprint density at radius 1 is 1.26 bits per heavy atom. The SMILES string of the molecule is CCCC(=O)N[C@@H]1C(C)(C)[C@@H]2C[C@@H]3[C@@H](c4ccc(N5CCCC5=O)cc4)OCC[C@@]31C2. The molecule has 5 nitrogen and oxygen atoms in total. The number of ether oxygens (including phenoxy) is 1.